The molecule has 5 aromatic rings. The number of rotatable bonds is 4. The van der Waals surface area contributed by atoms with E-state index in [9.17, 15) is 0 Å². The summed E-state index contributed by atoms with van der Waals surface area (Å²) in [6.45, 7) is 2.08. The van der Waals surface area contributed by atoms with Crippen molar-refractivity contribution in [1.29, 1.82) is 0 Å². The molecule has 1 N–H and O–H groups in total. The van der Waals surface area contributed by atoms with Gasteiger partial charge in [0, 0.05) is 22.8 Å². The number of ether oxygens (including phenoxy) is 1. The number of nitrogens with one attached hydrogen (secondary N) is 1. The first-order valence-corrected chi connectivity index (χ1v) is 11.7. The Morgan fingerprint density at radius 1 is 1.00 bits per heavy atom. The van der Waals surface area contributed by atoms with Crippen LogP contribution in [0.15, 0.2) is 93.8 Å². The molecule has 0 radical (unpaired) electrons. The van der Waals surface area contributed by atoms with Crippen LogP contribution in [0, 0.1) is 6.92 Å². The van der Waals surface area contributed by atoms with Gasteiger partial charge in [-0.2, -0.15) is 5.10 Å². The average Bonchev–Trinajstić information content (AvgIpc) is 3.50. The van der Waals surface area contributed by atoms with Crippen LogP contribution in [0.25, 0.3) is 22.4 Å². The van der Waals surface area contributed by atoms with Crippen molar-refractivity contribution in [2.75, 3.05) is 5.43 Å². The number of thiazole rings is 1. The molecule has 0 saturated carbocycles. The third-order valence-electron chi connectivity index (χ3n) is 5.73. The molecule has 1 atom stereocenters. The van der Waals surface area contributed by atoms with Gasteiger partial charge in [-0.05, 0) is 36.8 Å². The van der Waals surface area contributed by atoms with Gasteiger partial charge in [0.1, 0.15) is 23.1 Å². The Hall–Kier alpha value is -3.90. The number of hydrazone groups is 1. The molecular weight excluding hydrogens is 430 g/mol. The normalized spacial score (nSPS) is 16.5. The molecule has 162 valence electrons. The van der Waals surface area contributed by atoms with Crippen LogP contribution in [0.1, 0.15) is 29.2 Å². The van der Waals surface area contributed by atoms with Crippen molar-refractivity contribution < 1.29 is 9.15 Å². The number of fused-ring (bicyclic) bond motifs is 2. The third kappa shape index (κ3) is 3.90. The highest BCUT2D eigenvalue weighted by Gasteiger charge is 2.26. The number of nitrogens with zero attached hydrogens (tertiary/aromatic N) is 2. The summed E-state index contributed by atoms with van der Waals surface area (Å²) < 4.78 is 12.3. The highest BCUT2D eigenvalue weighted by atomic mass is 32.1. The molecular formula is C27H21N3O2S. The number of aryl methyl sites for hydroxylation is 1. The Bertz CT molecular complexity index is 1440. The summed E-state index contributed by atoms with van der Waals surface area (Å²) in [5.41, 5.74) is 9.10. The van der Waals surface area contributed by atoms with Crippen LogP contribution < -0.4 is 10.2 Å². The monoisotopic (exact) mass is 451 g/mol. The third-order valence-corrected chi connectivity index (χ3v) is 6.48. The second-order valence-electron chi connectivity index (χ2n) is 8.08. The first-order valence-electron chi connectivity index (χ1n) is 10.8. The van der Waals surface area contributed by atoms with Crippen molar-refractivity contribution in [2.24, 2.45) is 5.10 Å². The molecule has 0 amide bonds. The Morgan fingerprint density at radius 3 is 2.73 bits per heavy atom. The fourth-order valence-electron chi connectivity index (χ4n) is 4.07. The van der Waals surface area contributed by atoms with Gasteiger partial charge >= 0.3 is 0 Å². The van der Waals surface area contributed by atoms with Gasteiger partial charge < -0.3 is 9.15 Å². The number of benzene rings is 3. The van der Waals surface area contributed by atoms with E-state index in [-0.39, 0.29) is 6.10 Å². The molecule has 1 aliphatic heterocycles. The van der Waals surface area contributed by atoms with E-state index in [1.165, 1.54) is 16.9 Å². The van der Waals surface area contributed by atoms with Crippen LogP contribution in [0.4, 0.5) is 5.13 Å². The molecule has 33 heavy (non-hydrogen) atoms. The molecule has 0 saturated heterocycles. The SMILES string of the molecule is Cc1ccc2c(c1)/C(=N\Nc1nc(-c3cc4ccccc4o3)cs1)C[C@@H](c1ccccc1)O2. The van der Waals surface area contributed by atoms with Gasteiger partial charge in [0.2, 0.25) is 5.13 Å². The van der Waals surface area contributed by atoms with E-state index in [4.69, 9.17) is 14.3 Å². The highest BCUT2D eigenvalue weighted by molar-refractivity contribution is 7.14. The first kappa shape index (κ1) is 19.8. The molecule has 2 aromatic heterocycles. The van der Waals surface area contributed by atoms with Gasteiger partial charge in [0.05, 0.1) is 5.71 Å². The minimum atomic E-state index is -0.0793. The average molecular weight is 452 g/mol. The summed E-state index contributed by atoms with van der Waals surface area (Å²) in [7, 11) is 0. The van der Waals surface area contributed by atoms with Crippen molar-refractivity contribution in [3.05, 3.63) is 101 Å². The van der Waals surface area contributed by atoms with Gasteiger partial charge in [0.25, 0.3) is 0 Å². The molecule has 0 bridgehead atoms. The molecule has 5 nitrogen and oxygen atoms in total. The maximum Gasteiger partial charge on any atom is 0.204 e. The lowest BCUT2D eigenvalue weighted by molar-refractivity contribution is 0.206. The van der Waals surface area contributed by atoms with E-state index in [1.54, 1.807) is 0 Å². The van der Waals surface area contributed by atoms with Gasteiger partial charge in [-0.15, -0.1) is 11.3 Å². The molecule has 6 rings (SSSR count). The molecule has 6 heteroatoms. The van der Waals surface area contributed by atoms with Crippen LogP contribution >= 0.6 is 11.3 Å². The van der Waals surface area contributed by atoms with Crippen LogP contribution in [0.5, 0.6) is 5.75 Å². The van der Waals surface area contributed by atoms with Crippen molar-refractivity contribution in [1.82, 2.24) is 4.98 Å². The van der Waals surface area contributed by atoms with Crippen molar-refractivity contribution in [3.63, 3.8) is 0 Å². The zero-order chi connectivity index (χ0) is 22.2. The number of aromatic nitrogens is 1. The van der Waals surface area contributed by atoms with Gasteiger partial charge in [0.15, 0.2) is 5.76 Å². The smallest absolute Gasteiger partial charge is 0.204 e. The molecule has 0 aliphatic carbocycles. The molecule has 3 aromatic carbocycles. The summed E-state index contributed by atoms with van der Waals surface area (Å²) in [6, 6.07) is 26.5. The molecule has 1 aliphatic rings. The maximum absolute atomic E-state index is 6.31. The predicted octanol–water partition coefficient (Wildman–Crippen LogP) is 7.20. The zero-order valence-corrected chi connectivity index (χ0v) is 18.8. The van der Waals surface area contributed by atoms with Crippen molar-refractivity contribution in [3.8, 4) is 17.2 Å². The fourth-order valence-corrected chi connectivity index (χ4v) is 4.72. The van der Waals surface area contributed by atoms with Crippen LogP contribution in [0.2, 0.25) is 0 Å². The largest absolute Gasteiger partial charge is 0.485 e. The quantitative estimate of drug-likeness (QED) is 0.293. The molecule has 3 heterocycles. The topological polar surface area (TPSA) is 59.7 Å². The fraction of sp³-hybridized carbons (Fsp3) is 0.111. The van der Waals surface area contributed by atoms with Gasteiger partial charge in [-0.1, -0.05) is 60.2 Å². The Labute approximate surface area is 195 Å². The summed E-state index contributed by atoms with van der Waals surface area (Å²) in [5, 5.41) is 8.53. The Morgan fingerprint density at radius 2 is 1.85 bits per heavy atom. The molecule has 0 unspecified atom stereocenters. The van der Waals surface area contributed by atoms with E-state index < -0.39 is 0 Å². The minimum absolute atomic E-state index is 0.0793. The van der Waals surface area contributed by atoms with Crippen molar-refractivity contribution in [2.45, 2.75) is 19.4 Å². The Kier molecular flexibility index (Phi) is 4.92. The zero-order valence-electron chi connectivity index (χ0n) is 18.0. The number of hydrogen-bond donors (Lipinski definition) is 1. The Balaban J connectivity index is 1.29. The second-order valence-corrected chi connectivity index (χ2v) is 8.94. The molecule has 0 fully saturated rings. The number of anilines is 1. The summed E-state index contributed by atoms with van der Waals surface area (Å²) >= 11 is 1.50. The van der Waals surface area contributed by atoms with E-state index in [1.807, 2.05) is 60.0 Å². The first-order chi connectivity index (χ1) is 16.2. The van der Waals surface area contributed by atoms with E-state index in [0.717, 1.165) is 50.1 Å². The van der Waals surface area contributed by atoms with E-state index in [2.05, 4.69) is 41.6 Å². The standard InChI is InChI=1S/C27H21N3O2S/c1-17-11-12-24-20(13-17)21(15-25(32-24)18-7-3-2-4-8-18)29-30-27-28-22(16-33-27)26-14-19-9-5-6-10-23(19)31-26/h2-14,16,25H,15H2,1H3,(H,28,30)/b29-21-/t25-/m0/s1. The predicted molar refractivity (Wildman–Crippen MR) is 133 cm³/mol. The van der Waals surface area contributed by atoms with E-state index in [0.29, 0.717) is 6.42 Å². The summed E-state index contributed by atoms with van der Waals surface area (Å²) in [5.74, 6) is 1.60. The van der Waals surface area contributed by atoms with Crippen molar-refractivity contribution >= 4 is 33.1 Å². The minimum Gasteiger partial charge on any atom is -0.485 e. The lowest BCUT2D eigenvalue weighted by atomic mass is 9.94. The maximum atomic E-state index is 6.31. The summed E-state index contributed by atoms with van der Waals surface area (Å²) in [4.78, 5) is 4.69. The molecule has 0 spiro atoms. The number of furan rings is 1. The highest BCUT2D eigenvalue weighted by Crippen LogP contribution is 2.36. The second kappa shape index (κ2) is 8.22. The van der Waals surface area contributed by atoms with E-state index >= 15 is 0 Å². The van der Waals surface area contributed by atoms with Gasteiger partial charge in [-0.3, -0.25) is 5.43 Å². The van der Waals surface area contributed by atoms with Crippen LogP contribution in [0.3, 0.4) is 0 Å². The van der Waals surface area contributed by atoms with Crippen LogP contribution in [-0.2, 0) is 0 Å². The van der Waals surface area contributed by atoms with Gasteiger partial charge in [-0.25, -0.2) is 4.98 Å². The summed E-state index contributed by atoms with van der Waals surface area (Å²) in [6.07, 6.45) is 0.597. The lowest BCUT2D eigenvalue weighted by Gasteiger charge is -2.27. The number of para-hydroxylation sites is 1. The number of hydrogen-bond acceptors (Lipinski definition) is 6. The lowest BCUT2D eigenvalue weighted by Crippen LogP contribution is -2.22. The van der Waals surface area contributed by atoms with Crippen LogP contribution in [-0.4, -0.2) is 10.7 Å².